The summed E-state index contributed by atoms with van der Waals surface area (Å²) in [7, 11) is 3.21. The van der Waals surface area contributed by atoms with Gasteiger partial charge in [-0.1, -0.05) is 30.3 Å². The molecule has 1 N–H and O–H groups in total. The summed E-state index contributed by atoms with van der Waals surface area (Å²) in [6.07, 6.45) is 0.697. The number of carbonyl (C=O) groups excluding carboxylic acids is 2. The molecule has 0 aromatic heterocycles. The molecule has 2 heterocycles. The van der Waals surface area contributed by atoms with Gasteiger partial charge in [0.25, 0.3) is 0 Å². The predicted octanol–water partition coefficient (Wildman–Crippen LogP) is 4.23. The highest BCUT2D eigenvalue weighted by atomic mass is 16.7. The lowest BCUT2D eigenvalue weighted by Gasteiger charge is -2.41. The van der Waals surface area contributed by atoms with Crippen LogP contribution in [0.4, 0.5) is 5.69 Å². The Kier molecular flexibility index (Phi) is 6.66. The highest BCUT2D eigenvalue weighted by molar-refractivity contribution is 5.97. The summed E-state index contributed by atoms with van der Waals surface area (Å²) in [5, 5.41) is 3.07. The van der Waals surface area contributed by atoms with E-state index >= 15 is 0 Å². The van der Waals surface area contributed by atoms with Crippen LogP contribution in [0.5, 0.6) is 23.0 Å². The first-order valence-electron chi connectivity index (χ1n) is 11.8. The zero-order valence-corrected chi connectivity index (χ0v) is 20.2. The van der Waals surface area contributed by atoms with Crippen molar-refractivity contribution in [2.45, 2.75) is 25.4 Å². The van der Waals surface area contributed by atoms with E-state index < -0.39 is 12.0 Å². The largest absolute Gasteiger partial charge is 0.497 e. The van der Waals surface area contributed by atoms with Crippen LogP contribution in [0, 0.1) is 5.92 Å². The number of carbonyl (C=O) groups is 2. The molecule has 2 atom stereocenters. The minimum Gasteiger partial charge on any atom is -0.497 e. The Labute approximate surface area is 209 Å². The fraction of sp³-hybridized carbons (Fsp3) is 0.286. The first-order valence-corrected chi connectivity index (χ1v) is 11.8. The molecule has 2 aliphatic rings. The van der Waals surface area contributed by atoms with Crippen molar-refractivity contribution in [3.63, 3.8) is 0 Å². The van der Waals surface area contributed by atoms with E-state index in [0.29, 0.717) is 41.7 Å². The number of nitrogens with zero attached hydrogens (tertiary/aromatic N) is 1. The lowest BCUT2D eigenvalue weighted by Crippen LogP contribution is -2.48. The zero-order chi connectivity index (χ0) is 25.1. The maximum Gasteiger partial charge on any atom is 0.231 e. The summed E-state index contributed by atoms with van der Waals surface area (Å²) < 4.78 is 21.7. The number of methoxy groups -OCH3 is 2. The van der Waals surface area contributed by atoms with E-state index in [9.17, 15) is 9.59 Å². The van der Waals surface area contributed by atoms with E-state index in [4.69, 9.17) is 18.9 Å². The first-order chi connectivity index (χ1) is 17.6. The van der Waals surface area contributed by atoms with Gasteiger partial charge in [-0.3, -0.25) is 9.59 Å². The van der Waals surface area contributed by atoms with Crippen molar-refractivity contribution < 1.29 is 28.5 Å². The van der Waals surface area contributed by atoms with Gasteiger partial charge < -0.3 is 29.2 Å². The number of hydrogen-bond acceptors (Lipinski definition) is 6. The molecule has 0 aliphatic carbocycles. The summed E-state index contributed by atoms with van der Waals surface area (Å²) in [5.74, 6) is 1.99. The van der Waals surface area contributed by atoms with Crippen molar-refractivity contribution in [1.82, 2.24) is 5.32 Å². The number of amides is 2. The quantitative estimate of drug-likeness (QED) is 0.536. The van der Waals surface area contributed by atoms with Gasteiger partial charge >= 0.3 is 0 Å². The van der Waals surface area contributed by atoms with Crippen molar-refractivity contribution in [3.05, 3.63) is 77.9 Å². The second-order valence-electron chi connectivity index (χ2n) is 8.69. The third kappa shape index (κ3) is 4.54. The maximum atomic E-state index is 13.6. The monoisotopic (exact) mass is 488 g/mol. The molecule has 2 amide bonds. The van der Waals surface area contributed by atoms with Gasteiger partial charge in [-0.2, -0.15) is 0 Å². The molecule has 1 fully saturated rings. The van der Waals surface area contributed by atoms with Gasteiger partial charge in [-0.25, -0.2) is 0 Å². The molecule has 0 spiro atoms. The highest BCUT2D eigenvalue weighted by Gasteiger charge is 2.41. The SMILES string of the molecule is COc1ccc([C@H]2[C@@H](C(=O)NCc3ccccc3OC)CCC(=O)N2c2ccc3c(c2)OCO3)cc1. The van der Waals surface area contributed by atoms with E-state index in [1.165, 1.54) is 0 Å². The van der Waals surface area contributed by atoms with Crippen molar-refractivity contribution in [2.24, 2.45) is 5.92 Å². The number of hydrogen-bond donors (Lipinski definition) is 1. The lowest BCUT2D eigenvalue weighted by molar-refractivity contribution is -0.129. The van der Waals surface area contributed by atoms with Gasteiger partial charge in [0.1, 0.15) is 11.5 Å². The predicted molar refractivity (Wildman–Crippen MR) is 133 cm³/mol. The molecule has 0 radical (unpaired) electrons. The molecule has 3 aromatic rings. The number of nitrogens with one attached hydrogen (secondary N) is 1. The normalized spacial score (nSPS) is 18.6. The average molecular weight is 489 g/mol. The van der Waals surface area contributed by atoms with Gasteiger partial charge in [0.05, 0.1) is 26.2 Å². The Hall–Kier alpha value is -4.20. The van der Waals surface area contributed by atoms with E-state index in [-0.39, 0.29) is 25.0 Å². The topological polar surface area (TPSA) is 86.3 Å². The molecular formula is C28H28N2O6. The molecule has 0 bridgehead atoms. The minimum atomic E-state index is -0.504. The molecule has 186 valence electrons. The summed E-state index contributed by atoms with van der Waals surface area (Å²) in [6, 6.07) is 20.0. The Balaban J connectivity index is 1.48. The molecule has 8 nitrogen and oxygen atoms in total. The number of rotatable bonds is 7. The highest BCUT2D eigenvalue weighted by Crippen LogP contribution is 2.43. The van der Waals surface area contributed by atoms with Crippen molar-refractivity contribution >= 4 is 17.5 Å². The van der Waals surface area contributed by atoms with E-state index in [2.05, 4.69) is 5.32 Å². The molecule has 1 saturated heterocycles. The molecule has 2 aliphatic heterocycles. The zero-order valence-electron chi connectivity index (χ0n) is 20.2. The van der Waals surface area contributed by atoms with Crippen LogP contribution < -0.4 is 29.2 Å². The fourth-order valence-corrected chi connectivity index (χ4v) is 4.85. The summed E-state index contributed by atoms with van der Waals surface area (Å²) in [4.78, 5) is 28.6. The van der Waals surface area contributed by atoms with Crippen molar-refractivity contribution in [3.8, 4) is 23.0 Å². The van der Waals surface area contributed by atoms with E-state index in [1.54, 1.807) is 31.3 Å². The number of benzene rings is 3. The maximum absolute atomic E-state index is 13.6. The number of para-hydroxylation sites is 1. The van der Waals surface area contributed by atoms with Crippen LogP contribution >= 0.6 is 0 Å². The van der Waals surface area contributed by atoms with Crippen LogP contribution in [-0.2, 0) is 16.1 Å². The second kappa shape index (κ2) is 10.2. The summed E-state index contributed by atoms with van der Waals surface area (Å²) >= 11 is 0. The van der Waals surface area contributed by atoms with Gasteiger partial charge in [-0.15, -0.1) is 0 Å². The fourth-order valence-electron chi connectivity index (χ4n) is 4.85. The van der Waals surface area contributed by atoms with Crippen LogP contribution in [0.15, 0.2) is 66.7 Å². The van der Waals surface area contributed by atoms with Gasteiger partial charge in [0, 0.05) is 30.3 Å². The Bertz CT molecular complexity index is 1260. The summed E-state index contributed by atoms with van der Waals surface area (Å²) in [5.41, 5.74) is 2.39. The Morgan fingerprint density at radius 2 is 1.78 bits per heavy atom. The second-order valence-corrected chi connectivity index (χ2v) is 8.69. The van der Waals surface area contributed by atoms with E-state index in [0.717, 1.165) is 11.1 Å². The molecule has 8 heteroatoms. The first kappa shape index (κ1) is 23.5. The molecule has 5 rings (SSSR count). The Morgan fingerprint density at radius 3 is 2.56 bits per heavy atom. The third-order valence-corrected chi connectivity index (χ3v) is 6.67. The third-order valence-electron chi connectivity index (χ3n) is 6.67. The molecule has 3 aromatic carbocycles. The summed E-state index contributed by atoms with van der Waals surface area (Å²) in [6.45, 7) is 0.468. The van der Waals surface area contributed by atoms with Gasteiger partial charge in [-0.05, 0) is 42.3 Å². The van der Waals surface area contributed by atoms with Gasteiger partial charge in [0.2, 0.25) is 18.6 Å². The van der Waals surface area contributed by atoms with Gasteiger partial charge in [0.15, 0.2) is 11.5 Å². The Morgan fingerprint density at radius 1 is 1.00 bits per heavy atom. The smallest absolute Gasteiger partial charge is 0.231 e. The van der Waals surface area contributed by atoms with Crippen LogP contribution in [-0.4, -0.2) is 32.8 Å². The number of piperidine rings is 1. The number of ether oxygens (including phenoxy) is 4. The molecule has 0 unspecified atom stereocenters. The molecule has 0 saturated carbocycles. The van der Waals surface area contributed by atoms with Crippen LogP contribution in [0.3, 0.4) is 0 Å². The van der Waals surface area contributed by atoms with E-state index in [1.807, 2.05) is 54.6 Å². The average Bonchev–Trinajstić information content (AvgIpc) is 3.39. The van der Waals surface area contributed by atoms with Crippen molar-refractivity contribution in [1.29, 1.82) is 0 Å². The standard InChI is InChI=1S/C28H28N2O6/c1-33-21-10-7-18(8-11-21)27-22(28(32)29-16-19-5-3-4-6-23(19)34-2)12-14-26(31)30(27)20-9-13-24-25(15-20)36-17-35-24/h3-11,13,15,22,27H,12,14,16-17H2,1-2H3,(H,29,32)/t22-,27-/m0/s1. The minimum absolute atomic E-state index is 0.0524. The molecular weight excluding hydrogens is 460 g/mol. The number of anilines is 1. The van der Waals surface area contributed by atoms with Crippen LogP contribution in [0.1, 0.15) is 30.0 Å². The van der Waals surface area contributed by atoms with Crippen LogP contribution in [0.2, 0.25) is 0 Å². The molecule has 36 heavy (non-hydrogen) atoms. The lowest BCUT2D eigenvalue weighted by atomic mass is 9.83. The number of fused-ring (bicyclic) bond motifs is 1. The van der Waals surface area contributed by atoms with Crippen molar-refractivity contribution in [2.75, 3.05) is 25.9 Å². The van der Waals surface area contributed by atoms with Crippen LogP contribution in [0.25, 0.3) is 0 Å².